The minimum absolute atomic E-state index is 0.129. The van der Waals surface area contributed by atoms with Crippen LogP contribution in [0.3, 0.4) is 0 Å². The van der Waals surface area contributed by atoms with Crippen LogP contribution < -0.4 is 10.2 Å². The van der Waals surface area contributed by atoms with Crippen LogP contribution in [-0.4, -0.2) is 29.6 Å². The molecule has 196 valence electrons. The number of nitrogens with one attached hydrogen (secondary N) is 1. The summed E-state index contributed by atoms with van der Waals surface area (Å²) in [6.07, 6.45) is 3.81. The number of hydrogen-bond acceptors (Lipinski definition) is 4. The van der Waals surface area contributed by atoms with E-state index in [0.717, 1.165) is 5.56 Å². The van der Waals surface area contributed by atoms with Gasteiger partial charge in [-0.05, 0) is 59.7 Å². The number of Topliss-reactive ketones (excluding diaryl/α,β-unsaturated/α-hetero) is 2. The lowest BCUT2D eigenvalue weighted by Crippen LogP contribution is -2.51. The Morgan fingerprint density at radius 2 is 1.55 bits per heavy atom. The highest BCUT2D eigenvalue weighted by atomic mass is 35.5. The number of ketones is 2. The van der Waals surface area contributed by atoms with Crippen LogP contribution in [0.1, 0.15) is 31.8 Å². The van der Waals surface area contributed by atoms with Crippen LogP contribution >= 0.6 is 11.6 Å². The van der Waals surface area contributed by atoms with Crippen LogP contribution in [0.15, 0.2) is 103 Å². The first-order valence-corrected chi connectivity index (χ1v) is 13.4. The van der Waals surface area contributed by atoms with E-state index in [9.17, 15) is 14.4 Å². The molecule has 1 fully saturated rings. The second kappa shape index (κ2) is 9.00. The molecule has 0 saturated carbocycles. The standard InChI is InChI=1S/C33H22ClFN2O3/c34-21-16-13-20(14-17-21)30(38)28-29(31(39)22-8-2-4-10-24(22)35)37-26-12-6-1-7-19(26)15-18-27(37)33(28)23-9-3-5-11-25(23)36-32(33)40/h1-18,27-29H,(H,36,40)/t27-,28+,29-,33+/m0/s1. The average Bonchev–Trinajstić information content (AvgIpc) is 3.45. The number of benzene rings is 4. The Kier molecular flexibility index (Phi) is 5.51. The van der Waals surface area contributed by atoms with Gasteiger partial charge in [0.1, 0.15) is 17.3 Å². The second-order valence-electron chi connectivity index (χ2n) is 10.3. The van der Waals surface area contributed by atoms with E-state index in [1.54, 1.807) is 36.4 Å². The molecule has 0 radical (unpaired) electrons. The van der Waals surface area contributed by atoms with Crippen molar-refractivity contribution in [1.29, 1.82) is 0 Å². The van der Waals surface area contributed by atoms with Gasteiger partial charge in [-0.3, -0.25) is 14.4 Å². The van der Waals surface area contributed by atoms with Crippen LogP contribution in [0.2, 0.25) is 5.02 Å². The molecule has 1 amide bonds. The van der Waals surface area contributed by atoms with E-state index in [1.807, 2.05) is 59.5 Å². The molecule has 3 aliphatic rings. The highest BCUT2D eigenvalue weighted by Crippen LogP contribution is 2.58. The van der Waals surface area contributed by atoms with E-state index in [2.05, 4.69) is 5.32 Å². The SMILES string of the molecule is O=C(c1ccccc1F)[C@@H]1[C@H](C(=O)c2ccc(Cl)cc2)[C@]2(C(=O)Nc3ccccc32)[C@@H]2C=Cc3ccccc3N12. The van der Waals surface area contributed by atoms with Crippen LogP contribution in [0.4, 0.5) is 15.8 Å². The summed E-state index contributed by atoms with van der Waals surface area (Å²) in [5, 5.41) is 3.44. The van der Waals surface area contributed by atoms with Crippen molar-refractivity contribution in [1.82, 2.24) is 0 Å². The number of rotatable bonds is 4. The lowest BCUT2D eigenvalue weighted by atomic mass is 9.64. The quantitative estimate of drug-likeness (QED) is 0.302. The Labute approximate surface area is 234 Å². The number of anilines is 2. The summed E-state index contributed by atoms with van der Waals surface area (Å²) in [7, 11) is 0. The van der Waals surface area contributed by atoms with Crippen LogP contribution in [0.5, 0.6) is 0 Å². The molecule has 1 N–H and O–H groups in total. The Morgan fingerprint density at radius 1 is 0.850 bits per heavy atom. The van der Waals surface area contributed by atoms with Crippen molar-refractivity contribution in [2.24, 2.45) is 5.92 Å². The van der Waals surface area contributed by atoms with Gasteiger partial charge in [0.25, 0.3) is 0 Å². The summed E-state index contributed by atoms with van der Waals surface area (Å²) in [5.41, 5.74) is 1.50. The van der Waals surface area contributed by atoms with E-state index in [4.69, 9.17) is 11.6 Å². The van der Waals surface area contributed by atoms with Crippen molar-refractivity contribution in [3.05, 3.63) is 136 Å². The third kappa shape index (κ3) is 3.29. The molecular formula is C33H22ClFN2O3. The van der Waals surface area contributed by atoms with Gasteiger partial charge in [-0.15, -0.1) is 0 Å². The Bertz CT molecular complexity index is 1750. The smallest absolute Gasteiger partial charge is 0.238 e. The number of halogens is 2. The number of amides is 1. The largest absolute Gasteiger partial charge is 0.352 e. The van der Waals surface area contributed by atoms with Gasteiger partial charge in [0.15, 0.2) is 11.6 Å². The highest BCUT2D eigenvalue weighted by Gasteiger charge is 2.70. The second-order valence-corrected chi connectivity index (χ2v) is 10.7. The molecule has 4 atom stereocenters. The normalized spacial score (nSPS) is 23.9. The molecule has 40 heavy (non-hydrogen) atoms. The Balaban J connectivity index is 1.55. The number of nitrogens with zero attached hydrogens (tertiary/aromatic N) is 1. The monoisotopic (exact) mass is 548 g/mol. The lowest BCUT2D eigenvalue weighted by Gasteiger charge is -2.37. The molecule has 7 heteroatoms. The highest BCUT2D eigenvalue weighted by molar-refractivity contribution is 6.30. The van der Waals surface area contributed by atoms with E-state index in [0.29, 0.717) is 27.5 Å². The van der Waals surface area contributed by atoms with Gasteiger partial charge in [-0.25, -0.2) is 4.39 Å². The van der Waals surface area contributed by atoms with Crippen molar-refractivity contribution in [3.63, 3.8) is 0 Å². The van der Waals surface area contributed by atoms with Gasteiger partial charge in [0.05, 0.1) is 17.5 Å². The van der Waals surface area contributed by atoms with Crippen molar-refractivity contribution in [2.75, 3.05) is 10.2 Å². The van der Waals surface area contributed by atoms with Crippen LogP contribution in [0.25, 0.3) is 6.08 Å². The first-order chi connectivity index (χ1) is 19.4. The predicted octanol–water partition coefficient (Wildman–Crippen LogP) is 6.34. The van der Waals surface area contributed by atoms with Gasteiger partial charge in [0.2, 0.25) is 5.91 Å². The summed E-state index contributed by atoms with van der Waals surface area (Å²) >= 11 is 6.13. The minimum atomic E-state index is -1.46. The molecule has 0 aliphatic carbocycles. The molecule has 7 rings (SSSR count). The maximum atomic E-state index is 15.2. The topological polar surface area (TPSA) is 66.5 Å². The van der Waals surface area contributed by atoms with Crippen molar-refractivity contribution < 1.29 is 18.8 Å². The first-order valence-electron chi connectivity index (χ1n) is 13.0. The van der Waals surface area contributed by atoms with E-state index in [1.165, 1.54) is 18.2 Å². The van der Waals surface area contributed by atoms with Crippen LogP contribution in [-0.2, 0) is 10.2 Å². The number of fused-ring (bicyclic) bond motifs is 6. The fourth-order valence-corrected chi connectivity index (χ4v) is 6.86. The fourth-order valence-electron chi connectivity index (χ4n) is 6.73. The van der Waals surface area contributed by atoms with Crippen molar-refractivity contribution in [2.45, 2.75) is 17.5 Å². The lowest BCUT2D eigenvalue weighted by molar-refractivity contribution is -0.121. The van der Waals surface area contributed by atoms with Gasteiger partial charge in [0, 0.05) is 22.0 Å². The summed E-state index contributed by atoms with van der Waals surface area (Å²) < 4.78 is 15.2. The van der Waals surface area contributed by atoms with Gasteiger partial charge >= 0.3 is 0 Å². The number of para-hydroxylation sites is 2. The molecule has 1 saturated heterocycles. The zero-order valence-corrected chi connectivity index (χ0v) is 21.8. The van der Waals surface area contributed by atoms with Gasteiger partial charge in [-0.1, -0.05) is 72.3 Å². The van der Waals surface area contributed by atoms with Gasteiger partial charge < -0.3 is 10.2 Å². The summed E-state index contributed by atoms with van der Waals surface area (Å²) in [6.45, 7) is 0. The maximum Gasteiger partial charge on any atom is 0.238 e. The molecule has 0 unspecified atom stereocenters. The number of carbonyl (C=O) groups excluding carboxylic acids is 3. The van der Waals surface area contributed by atoms with Crippen LogP contribution in [0, 0.1) is 11.7 Å². The minimum Gasteiger partial charge on any atom is -0.352 e. The fraction of sp³-hybridized carbons (Fsp3) is 0.121. The van der Waals surface area contributed by atoms with Crippen molar-refractivity contribution >= 4 is 46.5 Å². The zero-order valence-electron chi connectivity index (χ0n) is 21.1. The maximum absolute atomic E-state index is 15.2. The Morgan fingerprint density at radius 3 is 2.35 bits per heavy atom. The molecule has 4 aromatic rings. The molecule has 5 nitrogen and oxygen atoms in total. The van der Waals surface area contributed by atoms with E-state index >= 15 is 4.39 Å². The molecule has 3 aliphatic heterocycles. The first kappa shape index (κ1) is 24.5. The summed E-state index contributed by atoms with van der Waals surface area (Å²) in [4.78, 5) is 45.2. The molecule has 4 aromatic carbocycles. The molecular weight excluding hydrogens is 527 g/mol. The number of carbonyl (C=O) groups is 3. The summed E-state index contributed by atoms with van der Waals surface area (Å²) in [6, 6.07) is 25.1. The van der Waals surface area contributed by atoms with E-state index in [-0.39, 0.29) is 11.5 Å². The summed E-state index contributed by atoms with van der Waals surface area (Å²) in [5.74, 6) is -3.18. The van der Waals surface area contributed by atoms with E-state index < -0.39 is 40.8 Å². The molecule has 1 spiro atoms. The Hall–Kier alpha value is -4.55. The molecule has 0 bridgehead atoms. The molecule has 0 aromatic heterocycles. The molecule has 3 heterocycles. The third-order valence-corrected chi connectivity index (χ3v) is 8.61. The third-order valence-electron chi connectivity index (χ3n) is 8.36. The zero-order chi connectivity index (χ0) is 27.6. The average molecular weight is 549 g/mol. The van der Waals surface area contributed by atoms with Crippen molar-refractivity contribution in [3.8, 4) is 0 Å². The van der Waals surface area contributed by atoms with Gasteiger partial charge in [-0.2, -0.15) is 0 Å². The number of hydrogen-bond donors (Lipinski definition) is 1. The predicted molar refractivity (Wildman–Crippen MR) is 152 cm³/mol.